The summed E-state index contributed by atoms with van der Waals surface area (Å²) in [5.74, 6) is 0. The van der Waals surface area contributed by atoms with Gasteiger partial charge in [-0.2, -0.15) is 5.26 Å². The molecular weight excluding hydrogens is 284 g/mol. The predicted octanol–water partition coefficient (Wildman–Crippen LogP) is 3.67. The molecule has 1 heterocycles. The summed E-state index contributed by atoms with van der Waals surface area (Å²) in [6.45, 7) is 1.60. The van der Waals surface area contributed by atoms with E-state index >= 15 is 0 Å². The Hall–Kier alpha value is -2.15. The van der Waals surface area contributed by atoms with Crippen LogP contribution in [0.2, 0.25) is 0 Å². The zero-order valence-corrected chi connectivity index (χ0v) is 13.7. The van der Waals surface area contributed by atoms with Gasteiger partial charge >= 0.3 is 0 Å². The van der Waals surface area contributed by atoms with Gasteiger partial charge in [0.25, 0.3) is 0 Å². The fourth-order valence-corrected chi connectivity index (χ4v) is 3.40. The first kappa shape index (κ1) is 15.7. The van der Waals surface area contributed by atoms with Crippen molar-refractivity contribution < 1.29 is 4.74 Å². The maximum atomic E-state index is 9.12. The van der Waals surface area contributed by atoms with E-state index in [1.54, 1.807) is 0 Å². The van der Waals surface area contributed by atoms with Gasteiger partial charge in [-0.3, -0.25) is 0 Å². The Bertz CT molecular complexity index is 718. The summed E-state index contributed by atoms with van der Waals surface area (Å²) in [6, 6.07) is 18.6. The van der Waals surface area contributed by atoms with Crippen LogP contribution in [-0.2, 0) is 16.9 Å². The first-order valence-corrected chi connectivity index (χ1v) is 8.03. The Morgan fingerprint density at radius 2 is 1.96 bits per heavy atom. The molecule has 118 valence electrons. The molecule has 3 rings (SSSR count). The molecule has 0 aromatic heterocycles. The summed E-state index contributed by atoms with van der Waals surface area (Å²) in [7, 11) is 4.19. The fourth-order valence-electron chi connectivity index (χ4n) is 3.40. The van der Waals surface area contributed by atoms with E-state index in [2.05, 4.69) is 55.4 Å². The number of hydrogen-bond acceptors (Lipinski definition) is 3. The third-order valence-corrected chi connectivity index (χ3v) is 4.52. The summed E-state index contributed by atoms with van der Waals surface area (Å²) in [5, 5.41) is 9.12. The normalized spacial score (nSPS) is 19.6. The monoisotopic (exact) mass is 306 g/mol. The highest BCUT2D eigenvalue weighted by atomic mass is 16.5. The molecule has 2 aromatic carbocycles. The third-order valence-electron chi connectivity index (χ3n) is 4.52. The van der Waals surface area contributed by atoms with Crippen molar-refractivity contribution in [3.05, 3.63) is 70.8 Å². The lowest BCUT2D eigenvalue weighted by atomic mass is 9.81. The molecule has 3 heteroatoms. The summed E-state index contributed by atoms with van der Waals surface area (Å²) in [4.78, 5) is 2.20. The standard InChI is InChI=1S/C20H22N2O/c1-22(2)12-6-11-20(18-7-4-3-5-8-18)19-10-9-16(14-21)13-17(19)15-23-20/h3-5,7-10,13H,6,11-12,15H2,1-2H3/t20-/m1/s1. The van der Waals surface area contributed by atoms with E-state index in [9.17, 15) is 0 Å². The molecule has 0 N–H and O–H groups in total. The number of nitriles is 1. The molecule has 2 aromatic rings. The van der Waals surface area contributed by atoms with Crippen LogP contribution in [0, 0.1) is 11.3 Å². The van der Waals surface area contributed by atoms with Crippen LogP contribution in [0.5, 0.6) is 0 Å². The average molecular weight is 306 g/mol. The molecule has 0 saturated heterocycles. The van der Waals surface area contributed by atoms with Crippen molar-refractivity contribution >= 4 is 0 Å². The minimum absolute atomic E-state index is 0.388. The number of nitrogens with zero attached hydrogens (tertiary/aromatic N) is 2. The highest BCUT2D eigenvalue weighted by molar-refractivity contribution is 5.47. The van der Waals surface area contributed by atoms with Crippen LogP contribution in [0.4, 0.5) is 0 Å². The van der Waals surface area contributed by atoms with Gasteiger partial charge in [0.15, 0.2) is 0 Å². The maximum Gasteiger partial charge on any atom is 0.119 e. The van der Waals surface area contributed by atoms with Crippen LogP contribution >= 0.6 is 0 Å². The van der Waals surface area contributed by atoms with Gasteiger partial charge in [0.2, 0.25) is 0 Å². The van der Waals surface area contributed by atoms with E-state index in [-0.39, 0.29) is 5.60 Å². The minimum Gasteiger partial charge on any atom is -0.361 e. The molecule has 3 nitrogen and oxygen atoms in total. The molecule has 0 amide bonds. The lowest BCUT2D eigenvalue weighted by Crippen LogP contribution is -2.28. The third kappa shape index (κ3) is 3.01. The van der Waals surface area contributed by atoms with Crippen molar-refractivity contribution in [3.63, 3.8) is 0 Å². The van der Waals surface area contributed by atoms with E-state index in [1.807, 2.05) is 18.2 Å². The topological polar surface area (TPSA) is 36.3 Å². The van der Waals surface area contributed by atoms with E-state index < -0.39 is 0 Å². The molecule has 0 unspecified atom stereocenters. The summed E-state index contributed by atoms with van der Waals surface area (Å²) >= 11 is 0. The Labute approximate surface area is 138 Å². The number of fused-ring (bicyclic) bond motifs is 1. The molecule has 1 aliphatic heterocycles. The lowest BCUT2D eigenvalue weighted by molar-refractivity contribution is -0.0139. The predicted molar refractivity (Wildman–Crippen MR) is 91.0 cm³/mol. The smallest absolute Gasteiger partial charge is 0.119 e. The number of rotatable bonds is 5. The molecule has 0 radical (unpaired) electrons. The van der Waals surface area contributed by atoms with Crippen LogP contribution in [0.3, 0.4) is 0 Å². The molecule has 0 saturated carbocycles. The second-order valence-corrected chi connectivity index (χ2v) is 6.37. The highest BCUT2D eigenvalue weighted by Gasteiger charge is 2.41. The molecule has 0 aliphatic carbocycles. The van der Waals surface area contributed by atoms with Crippen molar-refractivity contribution in [1.82, 2.24) is 4.90 Å². The van der Waals surface area contributed by atoms with E-state index in [0.29, 0.717) is 12.2 Å². The van der Waals surface area contributed by atoms with Gasteiger partial charge in [-0.05, 0) is 62.3 Å². The van der Waals surface area contributed by atoms with Crippen molar-refractivity contribution in [1.29, 1.82) is 5.26 Å². The van der Waals surface area contributed by atoms with Crippen molar-refractivity contribution in [2.45, 2.75) is 25.0 Å². The van der Waals surface area contributed by atoms with Gasteiger partial charge in [0.05, 0.1) is 18.2 Å². The molecular formula is C20H22N2O. The fraction of sp³-hybridized carbons (Fsp3) is 0.350. The summed E-state index contributed by atoms with van der Waals surface area (Å²) in [5.41, 5.74) is 3.85. The highest BCUT2D eigenvalue weighted by Crippen LogP contribution is 2.45. The van der Waals surface area contributed by atoms with Gasteiger partial charge in [-0.1, -0.05) is 36.4 Å². The van der Waals surface area contributed by atoms with Gasteiger partial charge in [-0.25, -0.2) is 0 Å². The van der Waals surface area contributed by atoms with Gasteiger partial charge in [0, 0.05) is 0 Å². The molecule has 1 aliphatic rings. The van der Waals surface area contributed by atoms with Crippen LogP contribution < -0.4 is 0 Å². The van der Waals surface area contributed by atoms with Crippen molar-refractivity contribution in [2.75, 3.05) is 20.6 Å². The molecule has 0 spiro atoms. The van der Waals surface area contributed by atoms with E-state index in [4.69, 9.17) is 10.00 Å². The molecule has 0 bridgehead atoms. The lowest BCUT2D eigenvalue weighted by Gasteiger charge is -2.31. The van der Waals surface area contributed by atoms with Gasteiger partial charge in [-0.15, -0.1) is 0 Å². The first-order chi connectivity index (χ1) is 11.2. The zero-order valence-electron chi connectivity index (χ0n) is 13.7. The minimum atomic E-state index is -0.388. The zero-order chi connectivity index (χ0) is 16.3. The summed E-state index contributed by atoms with van der Waals surface area (Å²) in [6.07, 6.45) is 2.00. The largest absolute Gasteiger partial charge is 0.361 e. The van der Waals surface area contributed by atoms with Gasteiger partial charge in [0.1, 0.15) is 5.60 Å². The van der Waals surface area contributed by atoms with E-state index in [1.165, 1.54) is 11.1 Å². The SMILES string of the molecule is CN(C)CCC[C@]1(c2ccccc2)OCc2cc(C#N)ccc21. The van der Waals surface area contributed by atoms with Crippen LogP contribution in [0.25, 0.3) is 0 Å². The van der Waals surface area contributed by atoms with Crippen LogP contribution in [0.1, 0.15) is 35.1 Å². The van der Waals surface area contributed by atoms with Crippen LogP contribution in [-0.4, -0.2) is 25.5 Å². The average Bonchev–Trinajstić information content (AvgIpc) is 2.94. The Morgan fingerprint density at radius 1 is 1.17 bits per heavy atom. The quantitative estimate of drug-likeness (QED) is 0.845. The number of hydrogen-bond donors (Lipinski definition) is 0. The van der Waals surface area contributed by atoms with Crippen LogP contribution in [0.15, 0.2) is 48.5 Å². The van der Waals surface area contributed by atoms with Gasteiger partial charge < -0.3 is 9.64 Å². The summed E-state index contributed by atoms with van der Waals surface area (Å²) < 4.78 is 6.35. The number of ether oxygens (including phenoxy) is 1. The van der Waals surface area contributed by atoms with Crippen molar-refractivity contribution in [3.8, 4) is 6.07 Å². The maximum absolute atomic E-state index is 9.12. The number of benzene rings is 2. The Morgan fingerprint density at radius 3 is 2.65 bits per heavy atom. The molecule has 23 heavy (non-hydrogen) atoms. The van der Waals surface area contributed by atoms with Crippen molar-refractivity contribution in [2.24, 2.45) is 0 Å². The second-order valence-electron chi connectivity index (χ2n) is 6.37. The Kier molecular flexibility index (Phi) is 4.47. The Balaban J connectivity index is 2.01. The molecule has 1 atom stereocenters. The second kappa shape index (κ2) is 6.54. The molecule has 0 fully saturated rings. The van der Waals surface area contributed by atoms with E-state index in [0.717, 1.165) is 24.9 Å². The first-order valence-electron chi connectivity index (χ1n) is 8.03.